The van der Waals surface area contributed by atoms with Crippen LogP contribution in [0, 0.1) is 0 Å². The fraction of sp³-hybridized carbons (Fsp3) is 0.0909. The smallest absolute Gasteiger partial charge is 0.402 e. The van der Waals surface area contributed by atoms with Gasteiger partial charge in [0.2, 0.25) is 0 Å². The number of hydrogen-bond acceptors (Lipinski definition) is 3. The molecule has 2 aliphatic rings. The summed E-state index contributed by atoms with van der Waals surface area (Å²) in [6, 6.07) is 25.8. The van der Waals surface area contributed by atoms with Gasteiger partial charge in [0.15, 0.2) is 0 Å². The van der Waals surface area contributed by atoms with Crippen molar-refractivity contribution >= 4 is 13.4 Å². The number of allylic oxidation sites excluding steroid dienone is 1. The van der Waals surface area contributed by atoms with Crippen molar-refractivity contribution in [2.75, 3.05) is 0 Å². The topological polar surface area (TPSA) is 60.7 Å². The van der Waals surface area contributed by atoms with E-state index in [2.05, 4.69) is 84.9 Å². The summed E-state index contributed by atoms with van der Waals surface area (Å²) in [5.74, 6) is 0. The number of hydrogen-bond donors (Lipinski definition) is 3. The van der Waals surface area contributed by atoms with Gasteiger partial charge in [-0.2, -0.15) is 0 Å². The lowest BCUT2D eigenvalue weighted by molar-refractivity contribution is 0.278. The second-order valence-electron chi connectivity index (χ2n) is 6.14. The van der Waals surface area contributed by atoms with Crippen molar-refractivity contribution in [3.8, 4) is 11.1 Å². The maximum absolute atomic E-state index is 7.17. The first-order valence-electron chi connectivity index (χ1n) is 8.60. The fourth-order valence-electron chi connectivity index (χ4n) is 3.28. The first kappa shape index (κ1) is 18.1. The van der Waals surface area contributed by atoms with Crippen molar-refractivity contribution in [3.63, 3.8) is 0 Å². The molecule has 0 unspecified atom stereocenters. The Morgan fingerprint density at radius 2 is 1.08 bits per heavy atom. The molecule has 0 fully saturated rings. The molecule has 0 heterocycles. The Labute approximate surface area is 154 Å². The largest absolute Gasteiger partial charge is 0.631 e. The number of fused-ring (bicyclic) bond motifs is 4. The van der Waals surface area contributed by atoms with Crippen LogP contribution in [0.4, 0.5) is 0 Å². The quantitative estimate of drug-likeness (QED) is 0.428. The second kappa shape index (κ2) is 8.63. The normalized spacial score (nSPS) is 12.0. The van der Waals surface area contributed by atoms with E-state index in [9.17, 15) is 0 Å². The SMILES string of the molecule is C1=Cc2ccccc2C1.OB(O)O.c1ccc2c(c1)Cc1ccccc1-2. The van der Waals surface area contributed by atoms with Crippen LogP contribution in [0.2, 0.25) is 0 Å². The number of rotatable bonds is 0. The predicted molar refractivity (Wildman–Crippen MR) is 106 cm³/mol. The van der Waals surface area contributed by atoms with Crippen LogP contribution in [0.15, 0.2) is 78.9 Å². The third-order valence-corrected chi connectivity index (χ3v) is 4.40. The molecule has 0 aromatic heterocycles. The molecular formula is C22H21BO3. The van der Waals surface area contributed by atoms with Gasteiger partial charge in [-0.15, -0.1) is 0 Å². The maximum Gasteiger partial charge on any atom is 0.631 e. The van der Waals surface area contributed by atoms with Crippen LogP contribution in [0.5, 0.6) is 0 Å². The van der Waals surface area contributed by atoms with Crippen LogP contribution in [0.1, 0.15) is 22.3 Å². The first-order chi connectivity index (χ1) is 12.6. The molecular weight excluding hydrogens is 323 g/mol. The minimum absolute atomic E-state index is 1.10. The van der Waals surface area contributed by atoms with Gasteiger partial charge in [-0.3, -0.25) is 0 Å². The molecule has 0 radical (unpaired) electrons. The fourth-order valence-corrected chi connectivity index (χ4v) is 3.28. The van der Waals surface area contributed by atoms with Crippen LogP contribution in [0.25, 0.3) is 17.2 Å². The van der Waals surface area contributed by atoms with E-state index in [4.69, 9.17) is 15.1 Å². The summed E-state index contributed by atoms with van der Waals surface area (Å²) < 4.78 is 0. The van der Waals surface area contributed by atoms with Gasteiger partial charge in [0, 0.05) is 0 Å². The molecule has 0 spiro atoms. The Morgan fingerprint density at radius 1 is 0.615 bits per heavy atom. The van der Waals surface area contributed by atoms with E-state index in [1.54, 1.807) is 0 Å². The molecule has 3 aromatic carbocycles. The maximum atomic E-state index is 7.17. The molecule has 0 atom stereocenters. The average molecular weight is 344 g/mol. The second-order valence-corrected chi connectivity index (χ2v) is 6.14. The zero-order valence-electron chi connectivity index (χ0n) is 14.4. The van der Waals surface area contributed by atoms with Gasteiger partial charge in [-0.25, -0.2) is 0 Å². The Bertz CT molecular complexity index is 857. The van der Waals surface area contributed by atoms with Crippen molar-refractivity contribution in [1.29, 1.82) is 0 Å². The van der Waals surface area contributed by atoms with Crippen molar-refractivity contribution in [3.05, 3.63) is 101 Å². The molecule has 5 rings (SSSR count). The molecule has 4 heteroatoms. The third-order valence-electron chi connectivity index (χ3n) is 4.40. The van der Waals surface area contributed by atoms with Gasteiger partial charge >= 0.3 is 7.32 Å². The highest BCUT2D eigenvalue weighted by atomic mass is 16.5. The standard InChI is InChI=1S/C13H10.C9H8.BH3O3/c1-3-7-12-10(5-1)9-11-6-2-4-8-13(11)12;1-2-5-9-7-3-6-8(9)4-1;2-1(3)4/h1-8H,9H2;1-6H,7H2;2-4H. The van der Waals surface area contributed by atoms with Crippen LogP contribution >= 0.6 is 0 Å². The highest BCUT2D eigenvalue weighted by molar-refractivity contribution is 6.30. The third kappa shape index (κ3) is 4.49. The molecule has 130 valence electrons. The Kier molecular flexibility index (Phi) is 6.02. The van der Waals surface area contributed by atoms with Crippen molar-refractivity contribution < 1.29 is 15.1 Å². The van der Waals surface area contributed by atoms with E-state index >= 15 is 0 Å². The van der Waals surface area contributed by atoms with Gasteiger partial charge in [0.25, 0.3) is 0 Å². The first-order valence-corrected chi connectivity index (χ1v) is 8.60. The number of benzene rings is 3. The summed E-state index contributed by atoms with van der Waals surface area (Å²) in [6.07, 6.45) is 6.60. The molecule has 0 bridgehead atoms. The van der Waals surface area contributed by atoms with Crippen molar-refractivity contribution in [1.82, 2.24) is 0 Å². The Balaban J connectivity index is 0.000000131. The summed E-state index contributed by atoms with van der Waals surface area (Å²) >= 11 is 0. The van der Waals surface area contributed by atoms with Gasteiger partial charge < -0.3 is 15.1 Å². The van der Waals surface area contributed by atoms with Crippen LogP contribution in [0.3, 0.4) is 0 Å². The Hall–Kier alpha value is -2.66. The molecule has 0 saturated heterocycles. The lowest BCUT2D eigenvalue weighted by Gasteiger charge is -1.98. The van der Waals surface area contributed by atoms with Crippen molar-refractivity contribution in [2.45, 2.75) is 12.8 Å². The Morgan fingerprint density at radius 3 is 1.62 bits per heavy atom. The monoisotopic (exact) mass is 344 g/mol. The zero-order valence-corrected chi connectivity index (χ0v) is 14.4. The molecule has 3 N–H and O–H groups in total. The molecule has 0 saturated carbocycles. The van der Waals surface area contributed by atoms with E-state index in [0.717, 1.165) is 12.8 Å². The van der Waals surface area contributed by atoms with E-state index in [1.165, 1.54) is 33.4 Å². The minimum Gasteiger partial charge on any atom is -0.402 e. The van der Waals surface area contributed by atoms with Gasteiger partial charge in [0.1, 0.15) is 0 Å². The molecule has 26 heavy (non-hydrogen) atoms. The van der Waals surface area contributed by atoms with E-state index in [1.807, 2.05) is 0 Å². The highest BCUT2D eigenvalue weighted by Crippen LogP contribution is 2.35. The minimum atomic E-state index is -2.17. The molecule has 3 aromatic rings. The lowest BCUT2D eigenvalue weighted by Crippen LogP contribution is -2.07. The lowest BCUT2D eigenvalue weighted by atomic mass is 10.1. The summed E-state index contributed by atoms with van der Waals surface area (Å²) in [7, 11) is -2.17. The highest BCUT2D eigenvalue weighted by Gasteiger charge is 2.15. The van der Waals surface area contributed by atoms with Crippen LogP contribution in [-0.4, -0.2) is 22.4 Å². The molecule has 2 aliphatic carbocycles. The molecule has 3 nitrogen and oxygen atoms in total. The van der Waals surface area contributed by atoms with E-state index in [0.29, 0.717) is 0 Å². The van der Waals surface area contributed by atoms with Gasteiger partial charge in [-0.1, -0.05) is 84.9 Å². The van der Waals surface area contributed by atoms with E-state index < -0.39 is 7.32 Å². The van der Waals surface area contributed by atoms with Gasteiger partial charge in [-0.05, 0) is 46.2 Å². The molecule has 0 aliphatic heterocycles. The van der Waals surface area contributed by atoms with Crippen LogP contribution < -0.4 is 0 Å². The summed E-state index contributed by atoms with van der Waals surface area (Å²) in [4.78, 5) is 0. The summed E-state index contributed by atoms with van der Waals surface area (Å²) in [5, 5.41) is 21.5. The summed E-state index contributed by atoms with van der Waals surface area (Å²) in [5.41, 5.74) is 8.60. The molecule has 0 amide bonds. The zero-order chi connectivity index (χ0) is 18.4. The van der Waals surface area contributed by atoms with Crippen molar-refractivity contribution in [2.24, 2.45) is 0 Å². The van der Waals surface area contributed by atoms with Gasteiger partial charge in [0.05, 0.1) is 0 Å². The van der Waals surface area contributed by atoms with E-state index in [-0.39, 0.29) is 0 Å². The predicted octanol–water partition coefficient (Wildman–Crippen LogP) is 3.46. The van der Waals surface area contributed by atoms with Crippen LogP contribution in [-0.2, 0) is 12.8 Å². The average Bonchev–Trinajstić information content (AvgIpc) is 3.26. The summed E-state index contributed by atoms with van der Waals surface area (Å²) in [6.45, 7) is 0.